The highest BCUT2D eigenvalue weighted by Crippen LogP contribution is 2.34. The smallest absolute Gasteiger partial charge is 0.163 e. The lowest BCUT2D eigenvalue weighted by atomic mass is 10.2. The van der Waals surface area contributed by atoms with E-state index in [1.807, 2.05) is 36.4 Å². The molecule has 100 valence electrons. The number of hydrogen-bond acceptors (Lipinski definition) is 3. The van der Waals surface area contributed by atoms with E-state index in [2.05, 4.69) is 25.9 Å². The monoisotopic (exact) mass is 330 g/mol. The van der Waals surface area contributed by atoms with Gasteiger partial charge in [-0.05, 0) is 12.1 Å². The molecule has 1 aliphatic heterocycles. The largest absolute Gasteiger partial charge is 0.486 e. The Balaban J connectivity index is 1.86. The van der Waals surface area contributed by atoms with Gasteiger partial charge < -0.3 is 14.5 Å². The first kappa shape index (κ1) is 11.8. The van der Waals surface area contributed by atoms with Crippen molar-refractivity contribution in [3.05, 3.63) is 40.9 Å². The van der Waals surface area contributed by atoms with E-state index < -0.39 is 0 Å². The second kappa shape index (κ2) is 4.52. The third-order valence-electron chi connectivity index (χ3n) is 3.24. The zero-order chi connectivity index (χ0) is 13.5. The molecule has 0 atom stereocenters. The molecule has 2 heterocycles. The molecule has 0 amide bonds. The third-order valence-corrected chi connectivity index (χ3v) is 3.74. The van der Waals surface area contributed by atoms with Crippen LogP contribution < -0.4 is 9.47 Å². The van der Waals surface area contributed by atoms with Crippen LogP contribution in [0.25, 0.3) is 22.4 Å². The Hall–Kier alpha value is -2.01. The summed E-state index contributed by atoms with van der Waals surface area (Å²) in [4.78, 5) is 7.94. The number of aromatic nitrogens is 2. The molecule has 0 aliphatic carbocycles. The van der Waals surface area contributed by atoms with E-state index in [0.717, 1.165) is 38.4 Å². The molecule has 5 heteroatoms. The first-order valence-electron chi connectivity index (χ1n) is 6.35. The summed E-state index contributed by atoms with van der Waals surface area (Å²) in [5.41, 5.74) is 2.86. The molecule has 0 saturated heterocycles. The molecule has 3 aromatic rings. The van der Waals surface area contributed by atoms with Crippen molar-refractivity contribution in [2.75, 3.05) is 13.2 Å². The van der Waals surface area contributed by atoms with Crippen LogP contribution in [0, 0.1) is 0 Å². The maximum Gasteiger partial charge on any atom is 0.163 e. The number of benzene rings is 2. The van der Waals surface area contributed by atoms with Crippen LogP contribution in [0.3, 0.4) is 0 Å². The third kappa shape index (κ3) is 1.94. The van der Waals surface area contributed by atoms with Crippen LogP contribution in [0.4, 0.5) is 0 Å². The highest BCUT2D eigenvalue weighted by atomic mass is 79.9. The van der Waals surface area contributed by atoms with Crippen LogP contribution in [0.5, 0.6) is 11.5 Å². The summed E-state index contributed by atoms with van der Waals surface area (Å²) in [7, 11) is 0. The average Bonchev–Trinajstić information content (AvgIpc) is 2.87. The van der Waals surface area contributed by atoms with Gasteiger partial charge in [0.05, 0.1) is 11.0 Å². The summed E-state index contributed by atoms with van der Waals surface area (Å²) in [5.74, 6) is 2.37. The van der Waals surface area contributed by atoms with E-state index in [0.29, 0.717) is 13.2 Å². The molecule has 0 fully saturated rings. The van der Waals surface area contributed by atoms with E-state index >= 15 is 0 Å². The average molecular weight is 331 g/mol. The number of H-pyrrole nitrogens is 1. The zero-order valence-electron chi connectivity index (χ0n) is 10.5. The van der Waals surface area contributed by atoms with Crippen LogP contribution in [0.1, 0.15) is 0 Å². The topological polar surface area (TPSA) is 47.1 Å². The first-order chi connectivity index (χ1) is 9.79. The lowest BCUT2D eigenvalue weighted by Gasteiger charge is -2.17. The van der Waals surface area contributed by atoms with Crippen molar-refractivity contribution >= 4 is 27.0 Å². The number of ether oxygens (including phenoxy) is 2. The molecular weight excluding hydrogens is 320 g/mol. The van der Waals surface area contributed by atoms with Crippen molar-refractivity contribution in [3.63, 3.8) is 0 Å². The van der Waals surface area contributed by atoms with Crippen molar-refractivity contribution in [1.82, 2.24) is 9.97 Å². The van der Waals surface area contributed by atoms with Crippen molar-refractivity contribution in [1.29, 1.82) is 0 Å². The molecule has 2 aromatic carbocycles. The van der Waals surface area contributed by atoms with E-state index in [9.17, 15) is 0 Å². The van der Waals surface area contributed by atoms with Gasteiger partial charge in [-0.3, -0.25) is 0 Å². The van der Waals surface area contributed by atoms with E-state index in [1.54, 1.807) is 0 Å². The van der Waals surface area contributed by atoms with Gasteiger partial charge in [-0.15, -0.1) is 0 Å². The minimum absolute atomic E-state index is 0.585. The maximum atomic E-state index is 5.59. The Labute approximate surface area is 123 Å². The van der Waals surface area contributed by atoms with Crippen molar-refractivity contribution in [2.24, 2.45) is 0 Å². The molecule has 0 radical (unpaired) electrons. The molecule has 0 saturated carbocycles. The number of aromatic amines is 1. The molecule has 0 spiro atoms. The molecule has 4 rings (SSSR count). The van der Waals surface area contributed by atoms with E-state index in [-0.39, 0.29) is 0 Å². The number of hydrogen-bond donors (Lipinski definition) is 1. The van der Waals surface area contributed by atoms with Gasteiger partial charge in [0, 0.05) is 22.2 Å². The number of nitrogens with one attached hydrogen (secondary N) is 1. The maximum absolute atomic E-state index is 5.59. The van der Waals surface area contributed by atoms with Gasteiger partial charge in [0.25, 0.3) is 0 Å². The van der Waals surface area contributed by atoms with Gasteiger partial charge in [0.1, 0.15) is 19.0 Å². The SMILES string of the molecule is Brc1cccc(-c2nc3cc4c(cc3[nH]2)OCCO4)c1. The Bertz CT molecular complexity index is 755. The highest BCUT2D eigenvalue weighted by Gasteiger charge is 2.15. The second-order valence-corrected chi connectivity index (χ2v) is 5.52. The van der Waals surface area contributed by atoms with Crippen molar-refractivity contribution in [3.8, 4) is 22.9 Å². The number of rotatable bonds is 1. The first-order valence-corrected chi connectivity index (χ1v) is 7.14. The number of halogens is 1. The van der Waals surface area contributed by atoms with Gasteiger partial charge in [0.15, 0.2) is 11.5 Å². The fraction of sp³-hybridized carbons (Fsp3) is 0.133. The Kier molecular flexibility index (Phi) is 2.67. The van der Waals surface area contributed by atoms with Crippen molar-refractivity contribution < 1.29 is 9.47 Å². The Morgan fingerprint density at radius 2 is 1.85 bits per heavy atom. The molecule has 1 aromatic heterocycles. The van der Waals surface area contributed by atoms with Gasteiger partial charge in [-0.25, -0.2) is 4.98 Å². The van der Waals surface area contributed by atoms with Crippen LogP contribution in [-0.2, 0) is 0 Å². The summed E-state index contributed by atoms with van der Waals surface area (Å²) < 4.78 is 12.2. The summed E-state index contributed by atoms with van der Waals surface area (Å²) in [5, 5.41) is 0. The lowest BCUT2D eigenvalue weighted by Crippen LogP contribution is -2.15. The fourth-order valence-electron chi connectivity index (χ4n) is 2.32. The van der Waals surface area contributed by atoms with Crippen LogP contribution in [0.15, 0.2) is 40.9 Å². The molecular formula is C15H11BrN2O2. The minimum Gasteiger partial charge on any atom is -0.486 e. The predicted molar refractivity (Wildman–Crippen MR) is 80.2 cm³/mol. The van der Waals surface area contributed by atoms with Crippen LogP contribution >= 0.6 is 15.9 Å². The molecule has 4 nitrogen and oxygen atoms in total. The molecule has 20 heavy (non-hydrogen) atoms. The molecule has 0 bridgehead atoms. The van der Waals surface area contributed by atoms with E-state index in [4.69, 9.17) is 9.47 Å². The quantitative estimate of drug-likeness (QED) is 0.738. The zero-order valence-corrected chi connectivity index (χ0v) is 12.1. The van der Waals surface area contributed by atoms with Gasteiger partial charge in [-0.2, -0.15) is 0 Å². The summed E-state index contributed by atoms with van der Waals surface area (Å²) in [6.07, 6.45) is 0. The van der Waals surface area contributed by atoms with Crippen LogP contribution in [-0.4, -0.2) is 23.2 Å². The lowest BCUT2D eigenvalue weighted by molar-refractivity contribution is 0.172. The van der Waals surface area contributed by atoms with Gasteiger partial charge in [0.2, 0.25) is 0 Å². The number of nitrogens with zero attached hydrogens (tertiary/aromatic N) is 1. The normalized spacial score (nSPS) is 13.7. The molecule has 0 unspecified atom stereocenters. The van der Waals surface area contributed by atoms with E-state index in [1.165, 1.54) is 0 Å². The van der Waals surface area contributed by atoms with Crippen LogP contribution in [0.2, 0.25) is 0 Å². The predicted octanol–water partition coefficient (Wildman–Crippen LogP) is 3.76. The standard InChI is InChI=1S/C15H11BrN2O2/c16-10-3-1-2-9(6-10)15-17-11-7-13-14(8-12(11)18-15)20-5-4-19-13/h1-3,6-8H,4-5H2,(H,17,18). The highest BCUT2D eigenvalue weighted by molar-refractivity contribution is 9.10. The summed E-state index contributed by atoms with van der Waals surface area (Å²) in [6, 6.07) is 11.9. The van der Waals surface area contributed by atoms with Gasteiger partial charge >= 0.3 is 0 Å². The molecule has 1 N–H and O–H groups in total. The van der Waals surface area contributed by atoms with Gasteiger partial charge in [-0.1, -0.05) is 28.1 Å². The Morgan fingerprint density at radius 3 is 2.65 bits per heavy atom. The minimum atomic E-state index is 0.585. The summed E-state index contributed by atoms with van der Waals surface area (Å²) >= 11 is 3.48. The van der Waals surface area contributed by atoms with Crippen molar-refractivity contribution in [2.45, 2.75) is 0 Å². The second-order valence-electron chi connectivity index (χ2n) is 4.61. The molecule has 1 aliphatic rings. The fourth-order valence-corrected chi connectivity index (χ4v) is 2.72. The number of imidazole rings is 1. The summed E-state index contributed by atoms with van der Waals surface area (Å²) in [6.45, 7) is 1.17. The Morgan fingerprint density at radius 1 is 1.05 bits per heavy atom. The number of fused-ring (bicyclic) bond motifs is 2.